The van der Waals surface area contributed by atoms with Gasteiger partial charge in [-0.15, -0.1) is 0 Å². The van der Waals surface area contributed by atoms with Gasteiger partial charge in [0.1, 0.15) is 0 Å². The second-order valence-electron chi connectivity index (χ2n) is 2.75. The van der Waals surface area contributed by atoms with Crippen LogP contribution in [0.3, 0.4) is 0 Å². The van der Waals surface area contributed by atoms with Crippen LogP contribution in [-0.2, 0) is 9.84 Å². The Hall–Kier alpha value is -0.0900. The van der Waals surface area contributed by atoms with Crippen molar-refractivity contribution in [3.8, 4) is 0 Å². The smallest absolute Gasteiger partial charge is 0.155 e. The lowest BCUT2D eigenvalue weighted by Gasteiger charge is -2.22. The van der Waals surface area contributed by atoms with E-state index >= 15 is 0 Å². The van der Waals surface area contributed by atoms with Gasteiger partial charge < -0.3 is 5.32 Å². The van der Waals surface area contributed by atoms with Crippen molar-refractivity contribution in [2.24, 2.45) is 0 Å². The summed E-state index contributed by atoms with van der Waals surface area (Å²) in [5, 5.41) is 2.82. The molecule has 1 aliphatic heterocycles. The van der Waals surface area contributed by atoms with Crippen LogP contribution in [-0.4, -0.2) is 32.5 Å². The maximum Gasteiger partial charge on any atom is 0.155 e. The summed E-state index contributed by atoms with van der Waals surface area (Å²) in [5.41, 5.74) is 0. The molecule has 1 saturated heterocycles. The van der Waals surface area contributed by atoms with Gasteiger partial charge in [-0.3, -0.25) is 0 Å². The molecular formula is C7H14NO2S. The molecule has 3 nitrogen and oxygen atoms in total. The summed E-state index contributed by atoms with van der Waals surface area (Å²) in [4.78, 5) is 0. The molecule has 0 amide bonds. The Kier molecular flexibility index (Phi) is 2.90. The molecule has 1 atom stereocenters. The molecule has 0 bridgehead atoms. The minimum Gasteiger partial charge on any atom is -0.314 e. The predicted octanol–water partition coefficient (Wildman–Crippen LogP) is -0.0127. The van der Waals surface area contributed by atoms with Gasteiger partial charge in [-0.2, -0.15) is 0 Å². The van der Waals surface area contributed by atoms with E-state index in [1.807, 2.05) is 13.3 Å². The Morgan fingerprint density at radius 3 is 2.91 bits per heavy atom. The molecule has 4 heteroatoms. The Morgan fingerprint density at radius 1 is 1.64 bits per heavy atom. The van der Waals surface area contributed by atoms with E-state index < -0.39 is 9.84 Å². The van der Waals surface area contributed by atoms with Crippen LogP contribution in [0.25, 0.3) is 0 Å². The van der Waals surface area contributed by atoms with Crippen LogP contribution >= 0.6 is 0 Å². The summed E-state index contributed by atoms with van der Waals surface area (Å²) in [6.45, 7) is 3.16. The van der Waals surface area contributed by atoms with Crippen molar-refractivity contribution < 1.29 is 8.42 Å². The van der Waals surface area contributed by atoms with Gasteiger partial charge in [-0.1, -0.05) is 13.3 Å². The molecule has 65 valence electrons. The minimum absolute atomic E-state index is 0.249. The molecule has 0 saturated carbocycles. The number of sulfone groups is 1. The lowest BCUT2D eigenvalue weighted by atomic mass is 10.2. The van der Waals surface area contributed by atoms with Gasteiger partial charge in [-0.05, 0) is 6.42 Å². The largest absolute Gasteiger partial charge is 0.314 e. The van der Waals surface area contributed by atoms with E-state index in [2.05, 4.69) is 5.32 Å². The summed E-state index contributed by atoms with van der Waals surface area (Å²) in [7, 11) is -2.80. The Morgan fingerprint density at radius 2 is 2.36 bits per heavy atom. The van der Waals surface area contributed by atoms with Crippen LogP contribution in [0, 0.1) is 6.42 Å². The Bertz CT molecular complexity index is 208. The van der Waals surface area contributed by atoms with Gasteiger partial charge in [0.05, 0.1) is 11.0 Å². The fraction of sp³-hybridized carbons (Fsp3) is 0.857. The Labute approximate surface area is 68.1 Å². The van der Waals surface area contributed by atoms with Crippen molar-refractivity contribution in [1.82, 2.24) is 5.32 Å². The van der Waals surface area contributed by atoms with Crippen LogP contribution in [0.15, 0.2) is 0 Å². The van der Waals surface area contributed by atoms with E-state index in [1.165, 1.54) is 0 Å². The number of rotatable bonds is 2. The normalized spacial score (nSPS) is 30.1. The molecule has 0 aliphatic carbocycles. The zero-order valence-electron chi connectivity index (χ0n) is 6.71. The fourth-order valence-corrected chi connectivity index (χ4v) is 2.82. The first-order chi connectivity index (χ1) is 5.17. The molecular weight excluding hydrogens is 162 g/mol. The van der Waals surface area contributed by atoms with Crippen molar-refractivity contribution in [2.45, 2.75) is 18.6 Å². The number of nitrogens with one attached hydrogen (secondary N) is 1. The second-order valence-corrected chi connectivity index (χ2v) is 5.09. The van der Waals surface area contributed by atoms with E-state index in [1.54, 1.807) is 0 Å². The van der Waals surface area contributed by atoms with Crippen molar-refractivity contribution >= 4 is 9.84 Å². The summed E-state index contributed by atoms with van der Waals surface area (Å²) in [6.07, 6.45) is 2.69. The van der Waals surface area contributed by atoms with E-state index in [9.17, 15) is 8.42 Å². The third-order valence-electron chi connectivity index (χ3n) is 1.87. The molecule has 11 heavy (non-hydrogen) atoms. The molecule has 1 radical (unpaired) electrons. The lowest BCUT2D eigenvalue weighted by molar-refractivity contribution is 0.555. The van der Waals surface area contributed by atoms with E-state index in [-0.39, 0.29) is 11.0 Å². The standard InChI is InChI=1S/C7H14NO2S/c1-2-3-7-6-8-4-5-11(7,9)10/h3,7-8H,2,4-6H2,1H3. The van der Waals surface area contributed by atoms with Gasteiger partial charge >= 0.3 is 0 Å². The molecule has 1 unspecified atom stereocenters. The quantitative estimate of drug-likeness (QED) is 0.643. The average molecular weight is 176 g/mol. The monoisotopic (exact) mass is 176 g/mol. The highest BCUT2D eigenvalue weighted by Crippen LogP contribution is 2.10. The summed E-state index contributed by atoms with van der Waals surface area (Å²) in [5.74, 6) is 0.286. The first-order valence-corrected chi connectivity index (χ1v) is 5.64. The topological polar surface area (TPSA) is 46.2 Å². The molecule has 0 aromatic carbocycles. The maximum absolute atomic E-state index is 11.3. The van der Waals surface area contributed by atoms with Crippen LogP contribution in [0.1, 0.15) is 13.3 Å². The van der Waals surface area contributed by atoms with Gasteiger partial charge in [0.2, 0.25) is 0 Å². The zero-order valence-corrected chi connectivity index (χ0v) is 7.52. The Balaban J connectivity index is 2.60. The third kappa shape index (κ3) is 2.17. The lowest BCUT2D eigenvalue weighted by Crippen LogP contribution is -2.44. The first kappa shape index (κ1) is 9.00. The van der Waals surface area contributed by atoms with Crippen molar-refractivity contribution in [2.75, 3.05) is 18.8 Å². The summed E-state index contributed by atoms with van der Waals surface area (Å²) < 4.78 is 22.6. The molecule has 0 aromatic rings. The summed E-state index contributed by atoms with van der Waals surface area (Å²) in [6, 6.07) is 0. The van der Waals surface area contributed by atoms with Gasteiger partial charge in [0.15, 0.2) is 9.84 Å². The highest BCUT2D eigenvalue weighted by atomic mass is 32.2. The molecule has 1 aliphatic rings. The van der Waals surface area contributed by atoms with Crippen LogP contribution < -0.4 is 5.32 Å². The second kappa shape index (κ2) is 3.54. The first-order valence-electron chi connectivity index (χ1n) is 3.92. The molecule has 0 aromatic heterocycles. The molecule has 0 spiro atoms. The van der Waals surface area contributed by atoms with Crippen molar-refractivity contribution in [3.05, 3.63) is 6.42 Å². The average Bonchev–Trinajstić information content (AvgIpc) is 1.94. The van der Waals surface area contributed by atoms with Crippen molar-refractivity contribution in [3.63, 3.8) is 0 Å². The van der Waals surface area contributed by atoms with E-state index in [0.29, 0.717) is 13.1 Å². The summed E-state index contributed by atoms with van der Waals surface area (Å²) >= 11 is 0. The zero-order chi connectivity index (χ0) is 8.32. The van der Waals surface area contributed by atoms with Gasteiger partial charge in [0.25, 0.3) is 0 Å². The highest BCUT2D eigenvalue weighted by molar-refractivity contribution is 7.92. The molecule has 1 heterocycles. The van der Waals surface area contributed by atoms with E-state index in [0.717, 1.165) is 6.42 Å². The number of hydrogen-bond donors (Lipinski definition) is 1. The van der Waals surface area contributed by atoms with Crippen LogP contribution in [0.2, 0.25) is 0 Å². The highest BCUT2D eigenvalue weighted by Gasteiger charge is 2.27. The van der Waals surface area contributed by atoms with Gasteiger partial charge in [-0.25, -0.2) is 8.42 Å². The minimum atomic E-state index is -2.80. The van der Waals surface area contributed by atoms with Crippen LogP contribution in [0.4, 0.5) is 0 Å². The predicted molar refractivity (Wildman–Crippen MR) is 45.0 cm³/mol. The van der Waals surface area contributed by atoms with E-state index in [4.69, 9.17) is 0 Å². The van der Waals surface area contributed by atoms with Crippen molar-refractivity contribution in [1.29, 1.82) is 0 Å². The molecule has 1 N–H and O–H groups in total. The van der Waals surface area contributed by atoms with Gasteiger partial charge in [0, 0.05) is 13.1 Å². The third-order valence-corrected chi connectivity index (χ3v) is 3.92. The number of hydrogen-bond acceptors (Lipinski definition) is 3. The fourth-order valence-electron chi connectivity index (χ4n) is 1.23. The SMILES string of the molecule is CC[CH]C1CNCCS1(=O)=O. The van der Waals surface area contributed by atoms with Crippen LogP contribution in [0.5, 0.6) is 0 Å². The molecule has 1 rings (SSSR count). The molecule has 1 fully saturated rings. The maximum atomic E-state index is 11.3.